The molecule has 1 amide bonds. The average Bonchev–Trinajstić information content (AvgIpc) is 3.62. The zero-order valence-electron chi connectivity index (χ0n) is 21.7. The van der Waals surface area contributed by atoms with Crippen molar-refractivity contribution in [1.29, 1.82) is 0 Å². The highest BCUT2D eigenvalue weighted by Gasteiger charge is 2.73. The SMILES string of the molecule is CCCc1ccccc1CC(=O)N[C@@H]1CC[C@@]2(O)C3Cc4ccc(O)c5c4[C@@]2(CCN3CC2CC2)[C@H]1O5. The Morgan fingerprint density at radius 3 is 2.73 bits per heavy atom. The number of aryl methyl sites for hydroxylation is 1. The van der Waals surface area contributed by atoms with Gasteiger partial charge in [-0.3, -0.25) is 9.69 Å². The van der Waals surface area contributed by atoms with Crippen LogP contribution in [0.3, 0.4) is 0 Å². The van der Waals surface area contributed by atoms with Gasteiger partial charge in [-0.15, -0.1) is 0 Å². The van der Waals surface area contributed by atoms with Crippen molar-refractivity contribution in [2.45, 2.75) is 93.9 Å². The highest BCUT2D eigenvalue weighted by molar-refractivity contribution is 5.79. The second-order valence-corrected chi connectivity index (χ2v) is 12.2. The van der Waals surface area contributed by atoms with Gasteiger partial charge in [0.05, 0.1) is 23.5 Å². The van der Waals surface area contributed by atoms with Gasteiger partial charge in [0.15, 0.2) is 11.5 Å². The van der Waals surface area contributed by atoms with E-state index < -0.39 is 11.0 Å². The summed E-state index contributed by atoms with van der Waals surface area (Å²) in [5.74, 6) is 1.43. The Labute approximate surface area is 219 Å². The standard InChI is InChI=1S/C31H38N2O4/c1-2-5-20-6-3-4-7-21(20)17-26(35)32-23-12-13-31(36)25-16-22-10-11-24(34)28-27(22)30(31,29(23)37-28)14-15-33(25)18-19-8-9-19/h3-4,6-7,10-11,19,23,25,29,34,36H,2,5,8-9,12-18H2,1H3,(H,32,35)/t23-,25?,29+,30+,31-/m1/s1. The second-order valence-electron chi connectivity index (χ2n) is 12.2. The number of rotatable bonds is 7. The van der Waals surface area contributed by atoms with Crippen LogP contribution in [0.2, 0.25) is 0 Å². The van der Waals surface area contributed by atoms with Gasteiger partial charge < -0.3 is 20.3 Å². The van der Waals surface area contributed by atoms with Crippen molar-refractivity contribution in [3.05, 3.63) is 58.7 Å². The van der Waals surface area contributed by atoms with Gasteiger partial charge in [0.1, 0.15) is 6.10 Å². The molecule has 7 rings (SSSR count). The van der Waals surface area contributed by atoms with Crippen molar-refractivity contribution in [2.24, 2.45) is 5.92 Å². The first-order valence-corrected chi connectivity index (χ1v) is 14.3. The summed E-state index contributed by atoms with van der Waals surface area (Å²) in [4.78, 5) is 15.9. The van der Waals surface area contributed by atoms with Gasteiger partial charge >= 0.3 is 0 Å². The van der Waals surface area contributed by atoms with Crippen LogP contribution < -0.4 is 10.1 Å². The van der Waals surface area contributed by atoms with E-state index in [9.17, 15) is 15.0 Å². The largest absolute Gasteiger partial charge is 0.504 e. The van der Waals surface area contributed by atoms with E-state index in [4.69, 9.17) is 4.74 Å². The summed E-state index contributed by atoms with van der Waals surface area (Å²) in [6, 6.07) is 11.8. The zero-order valence-corrected chi connectivity index (χ0v) is 21.7. The van der Waals surface area contributed by atoms with Gasteiger partial charge in [-0.05, 0) is 80.2 Å². The fourth-order valence-electron chi connectivity index (χ4n) is 8.30. The van der Waals surface area contributed by atoms with Crippen LogP contribution in [0.25, 0.3) is 0 Å². The fraction of sp³-hybridized carbons (Fsp3) is 0.581. The van der Waals surface area contributed by atoms with Gasteiger partial charge in [-0.1, -0.05) is 43.7 Å². The van der Waals surface area contributed by atoms with Crippen molar-refractivity contribution in [2.75, 3.05) is 13.1 Å². The molecule has 2 aromatic rings. The molecule has 2 saturated carbocycles. The Morgan fingerprint density at radius 1 is 1.14 bits per heavy atom. The molecule has 0 radical (unpaired) electrons. The number of hydrogen-bond acceptors (Lipinski definition) is 5. The monoisotopic (exact) mass is 502 g/mol. The van der Waals surface area contributed by atoms with Crippen molar-refractivity contribution in [3.8, 4) is 11.5 Å². The highest BCUT2D eigenvalue weighted by Crippen LogP contribution is 2.65. The lowest BCUT2D eigenvalue weighted by Gasteiger charge is -2.64. The van der Waals surface area contributed by atoms with E-state index in [1.165, 1.54) is 24.0 Å². The number of aliphatic hydroxyl groups is 1. The molecule has 2 aromatic carbocycles. The van der Waals surface area contributed by atoms with Crippen LogP contribution in [-0.2, 0) is 29.5 Å². The first-order chi connectivity index (χ1) is 17.9. The normalized spacial score (nSPS) is 33.5. The van der Waals surface area contributed by atoms with Crippen molar-refractivity contribution >= 4 is 5.91 Å². The van der Waals surface area contributed by atoms with E-state index >= 15 is 0 Å². The number of phenols is 1. The smallest absolute Gasteiger partial charge is 0.224 e. The van der Waals surface area contributed by atoms with Crippen LogP contribution in [0.5, 0.6) is 11.5 Å². The second kappa shape index (κ2) is 8.47. The molecule has 3 N–H and O–H groups in total. The minimum Gasteiger partial charge on any atom is -0.504 e. The molecular weight excluding hydrogens is 464 g/mol. The molecule has 2 heterocycles. The third kappa shape index (κ3) is 3.41. The molecule has 196 valence electrons. The number of amides is 1. The minimum atomic E-state index is -0.925. The molecule has 2 bridgehead atoms. The highest BCUT2D eigenvalue weighted by atomic mass is 16.5. The first kappa shape index (κ1) is 23.5. The predicted molar refractivity (Wildman–Crippen MR) is 141 cm³/mol. The maximum atomic E-state index is 13.4. The van der Waals surface area contributed by atoms with Crippen LogP contribution in [0, 0.1) is 5.92 Å². The molecule has 2 aliphatic heterocycles. The van der Waals surface area contributed by atoms with E-state index in [1.54, 1.807) is 6.07 Å². The number of piperidine rings is 1. The molecule has 3 fully saturated rings. The molecule has 1 spiro atoms. The number of carbonyl (C=O) groups is 1. The molecule has 5 atom stereocenters. The number of carbonyl (C=O) groups excluding carboxylic acids is 1. The Balaban J connectivity index is 1.21. The number of likely N-dealkylation sites (tertiary alicyclic amines) is 1. The molecule has 5 aliphatic rings. The number of ether oxygens (including phenoxy) is 1. The fourth-order valence-corrected chi connectivity index (χ4v) is 8.30. The summed E-state index contributed by atoms with van der Waals surface area (Å²) in [6.45, 7) is 4.14. The van der Waals surface area contributed by atoms with Crippen LogP contribution in [-0.4, -0.2) is 57.9 Å². The predicted octanol–water partition coefficient (Wildman–Crippen LogP) is 3.64. The summed E-state index contributed by atoms with van der Waals surface area (Å²) in [6.07, 6.45) is 7.43. The maximum absolute atomic E-state index is 13.4. The lowest BCUT2D eigenvalue weighted by Crippen LogP contribution is -2.78. The summed E-state index contributed by atoms with van der Waals surface area (Å²) < 4.78 is 6.59. The van der Waals surface area contributed by atoms with E-state index in [-0.39, 0.29) is 29.8 Å². The summed E-state index contributed by atoms with van der Waals surface area (Å²) >= 11 is 0. The van der Waals surface area contributed by atoms with Gasteiger partial charge in [-0.25, -0.2) is 0 Å². The molecule has 6 nitrogen and oxygen atoms in total. The first-order valence-electron chi connectivity index (χ1n) is 14.3. The maximum Gasteiger partial charge on any atom is 0.224 e. The molecule has 3 aliphatic carbocycles. The zero-order chi connectivity index (χ0) is 25.4. The average molecular weight is 503 g/mol. The Morgan fingerprint density at radius 2 is 1.95 bits per heavy atom. The minimum absolute atomic E-state index is 0.00192. The van der Waals surface area contributed by atoms with Crippen molar-refractivity contribution in [3.63, 3.8) is 0 Å². The molecular formula is C31H38N2O4. The third-order valence-electron chi connectivity index (χ3n) is 10.1. The van der Waals surface area contributed by atoms with Crippen molar-refractivity contribution < 1.29 is 19.7 Å². The molecule has 6 heteroatoms. The number of benzene rings is 2. The van der Waals surface area contributed by atoms with E-state index in [2.05, 4.69) is 29.3 Å². The van der Waals surface area contributed by atoms with E-state index in [0.29, 0.717) is 25.0 Å². The number of aromatic hydroxyl groups is 1. The lowest BCUT2D eigenvalue weighted by molar-refractivity contribution is -0.192. The Kier molecular flexibility index (Phi) is 5.39. The van der Waals surface area contributed by atoms with Crippen LogP contribution in [0.1, 0.15) is 67.7 Å². The van der Waals surface area contributed by atoms with Crippen LogP contribution in [0.4, 0.5) is 0 Å². The van der Waals surface area contributed by atoms with Gasteiger partial charge in [0.2, 0.25) is 5.91 Å². The molecule has 37 heavy (non-hydrogen) atoms. The number of nitrogens with one attached hydrogen (secondary N) is 1. The third-order valence-corrected chi connectivity index (χ3v) is 10.1. The molecule has 1 saturated heterocycles. The van der Waals surface area contributed by atoms with Crippen LogP contribution >= 0.6 is 0 Å². The van der Waals surface area contributed by atoms with E-state index in [1.807, 2.05) is 18.2 Å². The lowest BCUT2D eigenvalue weighted by atomic mass is 9.48. The van der Waals surface area contributed by atoms with Gasteiger partial charge in [0.25, 0.3) is 0 Å². The molecule has 0 aromatic heterocycles. The number of nitrogens with zero attached hydrogens (tertiary/aromatic N) is 1. The van der Waals surface area contributed by atoms with Crippen molar-refractivity contribution in [1.82, 2.24) is 10.2 Å². The topological polar surface area (TPSA) is 82.0 Å². The quantitative estimate of drug-likeness (QED) is 0.539. The summed E-state index contributed by atoms with van der Waals surface area (Å²) in [7, 11) is 0. The van der Waals surface area contributed by atoms with E-state index in [0.717, 1.165) is 55.8 Å². The number of hydrogen-bond donors (Lipinski definition) is 3. The Bertz CT molecular complexity index is 1240. The number of phenolic OH excluding ortho intramolecular Hbond substituents is 1. The summed E-state index contributed by atoms with van der Waals surface area (Å²) in [5.41, 5.74) is 2.98. The summed E-state index contributed by atoms with van der Waals surface area (Å²) in [5, 5.41) is 26.7. The Hall–Kier alpha value is -2.57. The molecule has 1 unspecified atom stereocenters. The van der Waals surface area contributed by atoms with Crippen LogP contribution in [0.15, 0.2) is 36.4 Å². The van der Waals surface area contributed by atoms with Gasteiger partial charge in [-0.2, -0.15) is 0 Å². The van der Waals surface area contributed by atoms with Gasteiger partial charge in [0, 0.05) is 18.2 Å².